The molecule has 1 amide bonds. The van der Waals surface area contributed by atoms with Crippen molar-refractivity contribution in [1.82, 2.24) is 4.90 Å². The number of rotatable bonds is 2. The molecule has 25 heavy (non-hydrogen) atoms. The zero-order chi connectivity index (χ0) is 18.2. The topological polar surface area (TPSA) is 70.0 Å². The average Bonchev–Trinajstić information content (AvgIpc) is 3.13. The summed E-state index contributed by atoms with van der Waals surface area (Å²) >= 11 is 1.47. The standard InChI is InChI=1S/C19H23NO4S/c1-18(2,3)24-17(22)20-10-9-19(23,12-20)14-8-11-25-16(14)13-6-4-5-7-15(13)21/h4-8,11,21,23H,9-10,12H2,1-3H3/t19-/m0/s1. The van der Waals surface area contributed by atoms with Crippen LogP contribution in [-0.4, -0.2) is 39.9 Å². The Morgan fingerprint density at radius 2 is 2.00 bits per heavy atom. The number of aromatic hydroxyl groups is 1. The van der Waals surface area contributed by atoms with Crippen molar-refractivity contribution in [3.8, 4) is 16.2 Å². The third-order valence-corrected chi connectivity index (χ3v) is 5.16. The summed E-state index contributed by atoms with van der Waals surface area (Å²) < 4.78 is 5.40. The molecule has 0 spiro atoms. The molecule has 3 rings (SSSR count). The van der Waals surface area contributed by atoms with Crippen molar-refractivity contribution in [2.75, 3.05) is 13.1 Å². The second-order valence-electron chi connectivity index (χ2n) is 7.36. The fourth-order valence-electron chi connectivity index (χ4n) is 3.05. The van der Waals surface area contributed by atoms with Crippen LogP contribution in [0.5, 0.6) is 5.75 Å². The number of thiophene rings is 1. The fourth-order valence-corrected chi connectivity index (χ4v) is 4.07. The number of benzene rings is 1. The number of likely N-dealkylation sites (tertiary alicyclic amines) is 1. The molecule has 0 radical (unpaired) electrons. The zero-order valence-electron chi connectivity index (χ0n) is 14.7. The summed E-state index contributed by atoms with van der Waals surface area (Å²) in [5.41, 5.74) is -0.280. The summed E-state index contributed by atoms with van der Waals surface area (Å²) in [5, 5.41) is 23.2. The van der Waals surface area contributed by atoms with E-state index in [-0.39, 0.29) is 12.3 Å². The molecule has 1 aliphatic heterocycles. The molecule has 1 atom stereocenters. The molecule has 2 aromatic rings. The van der Waals surface area contributed by atoms with Gasteiger partial charge in [-0.05, 0) is 50.8 Å². The summed E-state index contributed by atoms with van der Waals surface area (Å²) in [6, 6.07) is 8.94. The number of ether oxygens (including phenoxy) is 1. The number of amides is 1. The van der Waals surface area contributed by atoms with Crippen LogP contribution in [0.3, 0.4) is 0 Å². The maximum absolute atomic E-state index is 12.3. The van der Waals surface area contributed by atoms with Crippen molar-refractivity contribution in [2.45, 2.75) is 38.4 Å². The lowest BCUT2D eigenvalue weighted by Gasteiger charge is -2.27. The number of carbonyl (C=O) groups excluding carboxylic acids is 1. The number of phenolic OH excluding ortho intramolecular Hbond substituents is 1. The third-order valence-electron chi connectivity index (χ3n) is 4.21. The highest BCUT2D eigenvalue weighted by molar-refractivity contribution is 7.13. The van der Waals surface area contributed by atoms with Gasteiger partial charge in [-0.3, -0.25) is 0 Å². The van der Waals surface area contributed by atoms with E-state index < -0.39 is 17.3 Å². The molecule has 1 saturated heterocycles. The molecule has 2 N–H and O–H groups in total. The lowest BCUT2D eigenvalue weighted by atomic mass is 9.91. The van der Waals surface area contributed by atoms with Crippen molar-refractivity contribution < 1.29 is 19.7 Å². The maximum Gasteiger partial charge on any atom is 0.410 e. The Labute approximate surface area is 151 Å². The first kappa shape index (κ1) is 17.8. The molecular formula is C19H23NO4S. The quantitative estimate of drug-likeness (QED) is 0.850. The van der Waals surface area contributed by atoms with Gasteiger partial charge in [-0.25, -0.2) is 4.79 Å². The fraction of sp³-hybridized carbons (Fsp3) is 0.421. The number of nitrogens with zero attached hydrogens (tertiary/aromatic N) is 1. The van der Waals surface area contributed by atoms with Crippen molar-refractivity contribution in [2.24, 2.45) is 0 Å². The Bertz CT molecular complexity index is 780. The van der Waals surface area contributed by atoms with Gasteiger partial charge >= 0.3 is 6.09 Å². The van der Waals surface area contributed by atoms with Crippen LogP contribution in [0.25, 0.3) is 10.4 Å². The van der Waals surface area contributed by atoms with Gasteiger partial charge in [0.15, 0.2) is 0 Å². The number of β-amino-alcohol motifs (C(OH)–C–C–N with tert-alkyl or cyclic N) is 1. The number of hydrogen-bond donors (Lipinski definition) is 2. The number of aliphatic hydroxyl groups is 1. The van der Waals surface area contributed by atoms with E-state index in [9.17, 15) is 15.0 Å². The van der Waals surface area contributed by atoms with E-state index in [0.717, 1.165) is 10.4 Å². The Morgan fingerprint density at radius 3 is 2.68 bits per heavy atom. The first-order valence-electron chi connectivity index (χ1n) is 8.26. The van der Waals surface area contributed by atoms with E-state index in [1.807, 2.05) is 44.4 Å². The largest absolute Gasteiger partial charge is 0.507 e. The maximum atomic E-state index is 12.3. The van der Waals surface area contributed by atoms with Crippen molar-refractivity contribution in [3.05, 3.63) is 41.3 Å². The average molecular weight is 361 g/mol. The monoisotopic (exact) mass is 361 g/mol. The number of phenols is 1. The molecular weight excluding hydrogens is 338 g/mol. The Hall–Kier alpha value is -2.05. The van der Waals surface area contributed by atoms with Crippen LogP contribution in [0.4, 0.5) is 4.79 Å². The molecule has 0 unspecified atom stereocenters. The molecule has 1 fully saturated rings. The van der Waals surface area contributed by atoms with Crippen molar-refractivity contribution in [3.63, 3.8) is 0 Å². The Balaban J connectivity index is 1.85. The van der Waals surface area contributed by atoms with Crippen molar-refractivity contribution in [1.29, 1.82) is 0 Å². The summed E-state index contributed by atoms with van der Waals surface area (Å²) in [5.74, 6) is 0.178. The number of carbonyl (C=O) groups is 1. The van der Waals surface area contributed by atoms with Crippen LogP contribution < -0.4 is 0 Å². The lowest BCUT2D eigenvalue weighted by molar-refractivity contribution is 0.0142. The molecule has 1 aliphatic rings. The molecule has 0 aliphatic carbocycles. The smallest absolute Gasteiger partial charge is 0.410 e. The first-order valence-corrected chi connectivity index (χ1v) is 9.14. The summed E-state index contributed by atoms with van der Waals surface area (Å²) in [6.45, 7) is 6.08. The minimum atomic E-state index is -1.14. The van der Waals surface area contributed by atoms with Crippen molar-refractivity contribution >= 4 is 17.4 Å². The molecule has 134 valence electrons. The van der Waals surface area contributed by atoms with Gasteiger partial charge in [0.2, 0.25) is 0 Å². The predicted molar refractivity (Wildman–Crippen MR) is 97.7 cm³/mol. The van der Waals surface area contributed by atoms with Crippen LogP contribution >= 0.6 is 11.3 Å². The van der Waals surface area contributed by atoms with Gasteiger partial charge in [0.05, 0.1) is 6.54 Å². The highest BCUT2D eigenvalue weighted by Gasteiger charge is 2.42. The van der Waals surface area contributed by atoms with Gasteiger partial charge in [-0.1, -0.05) is 12.1 Å². The number of hydrogen-bond acceptors (Lipinski definition) is 5. The third kappa shape index (κ3) is 3.65. The second kappa shape index (κ2) is 6.35. The molecule has 5 nitrogen and oxygen atoms in total. The normalized spacial score (nSPS) is 20.7. The molecule has 1 aromatic heterocycles. The SMILES string of the molecule is CC(C)(C)OC(=O)N1CC[C@@](O)(c2ccsc2-c2ccccc2O)C1. The minimum Gasteiger partial charge on any atom is -0.507 e. The predicted octanol–water partition coefficient (Wildman–Crippen LogP) is 3.95. The molecule has 6 heteroatoms. The molecule has 0 saturated carbocycles. The highest BCUT2D eigenvalue weighted by atomic mass is 32.1. The summed E-state index contributed by atoms with van der Waals surface area (Å²) in [6.07, 6.45) is 0.0200. The van der Waals surface area contributed by atoms with E-state index in [1.54, 1.807) is 12.1 Å². The number of para-hydroxylation sites is 1. The van der Waals surface area contributed by atoms with E-state index in [2.05, 4.69) is 0 Å². The summed E-state index contributed by atoms with van der Waals surface area (Å²) in [4.78, 5) is 14.6. The van der Waals surface area contributed by atoms with E-state index >= 15 is 0 Å². The van der Waals surface area contributed by atoms with Crippen LogP contribution in [0.1, 0.15) is 32.8 Å². The Morgan fingerprint density at radius 1 is 1.28 bits per heavy atom. The van der Waals surface area contributed by atoms with Gasteiger partial charge in [-0.15, -0.1) is 11.3 Å². The van der Waals surface area contributed by atoms with Crippen LogP contribution in [-0.2, 0) is 10.3 Å². The zero-order valence-corrected chi connectivity index (χ0v) is 15.5. The molecule has 2 heterocycles. The second-order valence-corrected chi connectivity index (χ2v) is 8.28. The van der Waals surface area contributed by atoms with E-state index in [1.165, 1.54) is 16.2 Å². The van der Waals surface area contributed by atoms with E-state index in [4.69, 9.17) is 4.74 Å². The Kier molecular flexibility index (Phi) is 4.51. The molecule has 0 bridgehead atoms. The first-order chi connectivity index (χ1) is 11.7. The van der Waals surface area contributed by atoms with Gasteiger partial charge in [0.25, 0.3) is 0 Å². The van der Waals surface area contributed by atoms with Crippen LogP contribution in [0.15, 0.2) is 35.7 Å². The minimum absolute atomic E-state index is 0.178. The van der Waals surface area contributed by atoms with E-state index in [0.29, 0.717) is 18.5 Å². The summed E-state index contributed by atoms with van der Waals surface area (Å²) in [7, 11) is 0. The molecule has 1 aromatic carbocycles. The van der Waals surface area contributed by atoms with Crippen LogP contribution in [0, 0.1) is 0 Å². The van der Waals surface area contributed by atoms with Gasteiger partial charge in [0.1, 0.15) is 17.0 Å². The van der Waals surface area contributed by atoms with Gasteiger partial charge in [-0.2, -0.15) is 0 Å². The lowest BCUT2D eigenvalue weighted by Crippen LogP contribution is -2.38. The highest BCUT2D eigenvalue weighted by Crippen LogP contribution is 2.43. The van der Waals surface area contributed by atoms with Gasteiger partial charge in [0, 0.05) is 22.5 Å². The van der Waals surface area contributed by atoms with Gasteiger partial charge < -0.3 is 19.8 Å². The van der Waals surface area contributed by atoms with Crippen LogP contribution in [0.2, 0.25) is 0 Å².